The predicted molar refractivity (Wildman–Crippen MR) is 140 cm³/mol. The number of hydrogen-bond acceptors (Lipinski definition) is 6. The molecule has 1 aromatic carbocycles. The number of ether oxygens (including phenoxy) is 2. The van der Waals surface area contributed by atoms with Crippen LogP contribution in [0.3, 0.4) is 0 Å². The van der Waals surface area contributed by atoms with Gasteiger partial charge in [-0.05, 0) is 38.4 Å². The number of rotatable bonds is 20. The van der Waals surface area contributed by atoms with Gasteiger partial charge in [0.1, 0.15) is 19.3 Å². The maximum atomic E-state index is 11.7. The smallest absolute Gasteiger partial charge is 0.407 e. The lowest BCUT2D eigenvalue weighted by Crippen LogP contribution is -2.35. The Bertz CT molecular complexity index is 669. The van der Waals surface area contributed by atoms with Crippen LogP contribution in [0.5, 0.6) is 0 Å². The molecular formula is C28H48N2O5. The van der Waals surface area contributed by atoms with Gasteiger partial charge in [-0.3, -0.25) is 4.79 Å². The second-order valence-corrected chi connectivity index (χ2v) is 9.68. The van der Waals surface area contributed by atoms with E-state index in [0.717, 1.165) is 13.1 Å². The molecule has 0 aromatic heterocycles. The number of amides is 1. The molecule has 200 valence electrons. The largest absolute Gasteiger partial charge is 0.463 e. The van der Waals surface area contributed by atoms with Crippen molar-refractivity contribution in [2.45, 2.75) is 84.2 Å². The van der Waals surface area contributed by atoms with E-state index in [-0.39, 0.29) is 25.1 Å². The Balaban J connectivity index is 1.86. The van der Waals surface area contributed by atoms with Crippen LogP contribution in [-0.4, -0.2) is 68.1 Å². The molecule has 7 heteroatoms. The molecule has 1 atom stereocenters. The van der Waals surface area contributed by atoms with E-state index in [2.05, 4.69) is 47.6 Å². The number of alkyl carbamates (subject to hydrolysis) is 1. The van der Waals surface area contributed by atoms with Crippen molar-refractivity contribution in [2.24, 2.45) is 5.92 Å². The Kier molecular flexibility index (Phi) is 17.8. The van der Waals surface area contributed by atoms with E-state index in [1.165, 1.54) is 69.8 Å². The summed E-state index contributed by atoms with van der Waals surface area (Å²) in [7, 11) is 2.05. The first-order valence-corrected chi connectivity index (χ1v) is 13.4. The monoisotopic (exact) mass is 492 g/mol. The van der Waals surface area contributed by atoms with Crippen LogP contribution in [0.4, 0.5) is 4.79 Å². The standard InChI is InChI=1S/C28H48N2O5/c1-24(2)27(32)34-22-26(31)23-35-28(33)29-19-21-30(3)20-15-10-8-6-4-5-7-9-12-16-25-17-13-11-14-18-25/h11,13-14,17-18,24,26,31H,4-10,12,15-16,19-23H2,1-3H3,(H,29,33). The molecular weight excluding hydrogens is 444 g/mol. The van der Waals surface area contributed by atoms with E-state index in [1.54, 1.807) is 13.8 Å². The number of esters is 1. The average molecular weight is 493 g/mol. The molecule has 0 fully saturated rings. The minimum atomic E-state index is -1.02. The van der Waals surface area contributed by atoms with Crippen LogP contribution in [0, 0.1) is 5.92 Å². The van der Waals surface area contributed by atoms with Crippen molar-refractivity contribution in [3.05, 3.63) is 35.9 Å². The van der Waals surface area contributed by atoms with Gasteiger partial charge >= 0.3 is 12.1 Å². The number of hydrogen-bond donors (Lipinski definition) is 2. The first-order valence-electron chi connectivity index (χ1n) is 13.4. The molecule has 0 aliphatic rings. The quantitative estimate of drug-likeness (QED) is 0.198. The molecule has 1 amide bonds. The highest BCUT2D eigenvalue weighted by atomic mass is 16.6. The van der Waals surface area contributed by atoms with Gasteiger partial charge in [0, 0.05) is 13.1 Å². The van der Waals surface area contributed by atoms with E-state index >= 15 is 0 Å². The van der Waals surface area contributed by atoms with Crippen molar-refractivity contribution < 1.29 is 24.2 Å². The summed E-state index contributed by atoms with van der Waals surface area (Å²) in [6.45, 7) is 5.28. The summed E-state index contributed by atoms with van der Waals surface area (Å²) < 4.78 is 9.86. The molecule has 0 aliphatic carbocycles. The van der Waals surface area contributed by atoms with Crippen LogP contribution < -0.4 is 5.32 Å². The van der Waals surface area contributed by atoms with Crippen molar-refractivity contribution in [1.82, 2.24) is 10.2 Å². The summed E-state index contributed by atoms with van der Waals surface area (Å²) in [6, 6.07) is 10.7. The molecule has 0 spiro atoms. The lowest BCUT2D eigenvalue weighted by Gasteiger charge is -2.17. The van der Waals surface area contributed by atoms with Crippen molar-refractivity contribution in [3.8, 4) is 0 Å². The molecule has 7 nitrogen and oxygen atoms in total. The fraction of sp³-hybridized carbons (Fsp3) is 0.714. The van der Waals surface area contributed by atoms with Crippen LogP contribution in [0.25, 0.3) is 0 Å². The lowest BCUT2D eigenvalue weighted by atomic mass is 10.0. The Hall–Kier alpha value is -2.12. The van der Waals surface area contributed by atoms with Crippen LogP contribution in [0.2, 0.25) is 0 Å². The highest BCUT2D eigenvalue weighted by Crippen LogP contribution is 2.12. The summed E-state index contributed by atoms with van der Waals surface area (Å²) in [6.07, 6.45) is 11.3. The highest BCUT2D eigenvalue weighted by molar-refractivity contribution is 5.71. The second kappa shape index (κ2) is 20.1. The van der Waals surface area contributed by atoms with Crippen molar-refractivity contribution >= 4 is 12.1 Å². The number of unbranched alkanes of at least 4 members (excludes halogenated alkanes) is 8. The molecule has 0 saturated carbocycles. The van der Waals surface area contributed by atoms with E-state index in [9.17, 15) is 14.7 Å². The molecule has 0 heterocycles. The lowest BCUT2D eigenvalue weighted by molar-refractivity contribution is -0.150. The van der Waals surface area contributed by atoms with Gasteiger partial charge in [0.25, 0.3) is 0 Å². The third-order valence-electron chi connectivity index (χ3n) is 5.91. The fourth-order valence-corrected chi connectivity index (χ4v) is 3.67. The second-order valence-electron chi connectivity index (χ2n) is 9.68. The molecule has 35 heavy (non-hydrogen) atoms. The van der Waals surface area contributed by atoms with Gasteiger partial charge in [-0.15, -0.1) is 0 Å². The van der Waals surface area contributed by atoms with Gasteiger partial charge in [0.05, 0.1) is 5.92 Å². The van der Waals surface area contributed by atoms with E-state index in [1.807, 2.05) is 0 Å². The Labute approximate surface area is 212 Å². The van der Waals surface area contributed by atoms with E-state index < -0.39 is 12.2 Å². The number of benzene rings is 1. The number of nitrogens with one attached hydrogen (secondary N) is 1. The Morgan fingerprint density at radius 1 is 0.857 bits per heavy atom. The van der Waals surface area contributed by atoms with Gasteiger partial charge in [-0.1, -0.05) is 89.1 Å². The van der Waals surface area contributed by atoms with Gasteiger partial charge < -0.3 is 24.8 Å². The third kappa shape index (κ3) is 17.9. The van der Waals surface area contributed by atoms with Crippen LogP contribution in [-0.2, 0) is 20.7 Å². The molecule has 0 aliphatic heterocycles. The predicted octanol–water partition coefficient (Wildman–Crippen LogP) is 4.96. The minimum Gasteiger partial charge on any atom is -0.463 e. The van der Waals surface area contributed by atoms with Crippen LogP contribution >= 0.6 is 0 Å². The van der Waals surface area contributed by atoms with Crippen molar-refractivity contribution in [3.63, 3.8) is 0 Å². The zero-order chi connectivity index (χ0) is 25.7. The number of likely N-dealkylation sites (N-methyl/N-ethyl adjacent to an activating group) is 1. The van der Waals surface area contributed by atoms with Crippen LogP contribution in [0.1, 0.15) is 77.2 Å². The Morgan fingerprint density at radius 3 is 2.06 bits per heavy atom. The molecule has 1 unspecified atom stereocenters. The van der Waals surface area contributed by atoms with Crippen molar-refractivity contribution in [1.29, 1.82) is 0 Å². The highest BCUT2D eigenvalue weighted by Gasteiger charge is 2.13. The SMILES string of the molecule is CC(C)C(=O)OCC(O)COC(=O)NCCN(C)CCCCCCCCCCCc1ccccc1. The number of carbonyl (C=O) groups excluding carboxylic acids is 2. The summed E-state index contributed by atoms with van der Waals surface area (Å²) in [5.41, 5.74) is 1.45. The summed E-state index contributed by atoms with van der Waals surface area (Å²) >= 11 is 0. The average Bonchev–Trinajstić information content (AvgIpc) is 2.85. The maximum Gasteiger partial charge on any atom is 0.407 e. The van der Waals surface area contributed by atoms with Gasteiger partial charge in [0.15, 0.2) is 0 Å². The van der Waals surface area contributed by atoms with E-state index in [0.29, 0.717) is 6.54 Å². The van der Waals surface area contributed by atoms with Gasteiger partial charge in [-0.2, -0.15) is 0 Å². The molecule has 0 radical (unpaired) electrons. The molecule has 2 N–H and O–H groups in total. The van der Waals surface area contributed by atoms with Gasteiger partial charge in [0.2, 0.25) is 0 Å². The first-order chi connectivity index (χ1) is 16.9. The number of carbonyl (C=O) groups is 2. The topological polar surface area (TPSA) is 88.1 Å². The number of aryl methyl sites for hydroxylation is 1. The normalized spacial score (nSPS) is 12.1. The molecule has 1 rings (SSSR count). The minimum absolute atomic E-state index is 0.179. The number of nitrogens with zero attached hydrogens (tertiary/aromatic N) is 1. The van der Waals surface area contributed by atoms with Crippen LogP contribution in [0.15, 0.2) is 30.3 Å². The van der Waals surface area contributed by atoms with Crippen molar-refractivity contribution in [2.75, 3.05) is 39.9 Å². The zero-order valence-electron chi connectivity index (χ0n) is 22.2. The third-order valence-corrected chi connectivity index (χ3v) is 5.91. The molecule has 1 aromatic rings. The molecule has 0 saturated heterocycles. The van der Waals surface area contributed by atoms with E-state index in [4.69, 9.17) is 9.47 Å². The molecule has 0 bridgehead atoms. The summed E-state index contributed by atoms with van der Waals surface area (Å²) in [4.78, 5) is 25.3. The summed E-state index contributed by atoms with van der Waals surface area (Å²) in [5.74, 6) is -0.643. The Morgan fingerprint density at radius 2 is 1.43 bits per heavy atom. The maximum absolute atomic E-state index is 11.7. The summed E-state index contributed by atoms with van der Waals surface area (Å²) in [5, 5.41) is 12.4. The van der Waals surface area contributed by atoms with Gasteiger partial charge in [-0.25, -0.2) is 4.79 Å². The number of aliphatic hydroxyl groups is 1. The first kappa shape index (κ1) is 30.9. The fourth-order valence-electron chi connectivity index (χ4n) is 3.67. The zero-order valence-corrected chi connectivity index (χ0v) is 22.2. The number of aliphatic hydroxyl groups excluding tert-OH is 1.